The number of aryl methyl sites for hydroxylation is 1. The highest BCUT2D eigenvalue weighted by Gasteiger charge is 2.34. The van der Waals surface area contributed by atoms with Gasteiger partial charge in [0.1, 0.15) is 28.7 Å². The number of aromatic nitrogens is 2. The van der Waals surface area contributed by atoms with E-state index in [-0.39, 0.29) is 17.2 Å². The molecule has 166 valence electrons. The van der Waals surface area contributed by atoms with Crippen molar-refractivity contribution in [1.82, 2.24) is 15.1 Å². The number of carbonyl (C=O) groups excluding carboxylic acids is 2. The minimum absolute atomic E-state index is 0.0852. The van der Waals surface area contributed by atoms with Gasteiger partial charge in [0.25, 0.3) is 11.8 Å². The molecule has 0 saturated heterocycles. The minimum Gasteiger partial charge on any atom is -0.487 e. The molecular weight excluding hydrogens is 415 g/mol. The number of carbonyl (C=O) groups is 2. The number of rotatable bonds is 5. The van der Waals surface area contributed by atoms with Gasteiger partial charge in [-0.1, -0.05) is 0 Å². The normalized spacial score (nSPS) is 13.8. The molecule has 4 rings (SSSR count). The van der Waals surface area contributed by atoms with Gasteiger partial charge in [0, 0.05) is 50.0 Å². The van der Waals surface area contributed by atoms with Gasteiger partial charge in [0.2, 0.25) is 0 Å². The average Bonchev–Trinajstić information content (AvgIpc) is 3.28. The largest absolute Gasteiger partial charge is 0.487 e. The fourth-order valence-electron chi connectivity index (χ4n) is 3.54. The van der Waals surface area contributed by atoms with E-state index in [4.69, 9.17) is 9.47 Å². The first-order valence-corrected chi connectivity index (χ1v) is 10.0. The molecule has 0 spiro atoms. The minimum atomic E-state index is -0.709. The highest BCUT2D eigenvalue weighted by molar-refractivity contribution is 6.04. The van der Waals surface area contributed by atoms with Crippen LogP contribution in [0.2, 0.25) is 0 Å². The SMILES string of the molecule is CNC(=O)c1ccc(Oc2cc(C(=O)Nc3ccn(C)n3)cc3c2CC(C)(C)O3)cc1F. The van der Waals surface area contributed by atoms with E-state index in [0.29, 0.717) is 29.3 Å². The fourth-order valence-corrected chi connectivity index (χ4v) is 3.54. The molecule has 0 aliphatic carbocycles. The fraction of sp³-hybridized carbons (Fsp3) is 0.261. The van der Waals surface area contributed by atoms with Crippen LogP contribution >= 0.6 is 0 Å². The third kappa shape index (κ3) is 4.27. The third-order valence-electron chi connectivity index (χ3n) is 5.01. The molecule has 2 N–H and O–H groups in total. The van der Waals surface area contributed by atoms with E-state index in [2.05, 4.69) is 15.7 Å². The van der Waals surface area contributed by atoms with Gasteiger partial charge < -0.3 is 20.1 Å². The lowest BCUT2D eigenvalue weighted by Gasteiger charge is -2.16. The summed E-state index contributed by atoms with van der Waals surface area (Å²) in [5.41, 5.74) is 0.521. The number of halogens is 1. The summed E-state index contributed by atoms with van der Waals surface area (Å²) in [5, 5.41) is 9.27. The van der Waals surface area contributed by atoms with E-state index in [1.165, 1.54) is 19.2 Å². The van der Waals surface area contributed by atoms with Crippen molar-refractivity contribution in [2.45, 2.75) is 25.9 Å². The second-order valence-electron chi connectivity index (χ2n) is 8.14. The summed E-state index contributed by atoms with van der Waals surface area (Å²) in [6.07, 6.45) is 2.27. The number of hydrogen-bond donors (Lipinski definition) is 2. The van der Waals surface area contributed by atoms with Crippen molar-refractivity contribution >= 4 is 17.6 Å². The number of anilines is 1. The Kier molecular flexibility index (Phi) is 5.33. The number of ether oxygens (including phenoxy) is 2. The zero-order valence-electron chi connectivity index (χ0n) is 18.2. The Morgan fingerprint density at radius 2 is 1.97 bits per heavy atom. The number of nitrogens with one attached hydrogen (secondary N) is 2. The Morgan fingerprint density at radius 3 is 2.62 bits per heavy atom. The molecule has 1 aromatic heterocycles. The van der Waals surface area contributed by atoms with Gasteiger partial charge >= 0.3 is 0 Å². The standard InChI is InChI=1S/C23H23FN4O4/c1-23(2)12-16-18(31-14-5-6-15(17(24)11-14)22(30)25-3)9-13(10-19(16)32-23)21(29)26-20-7-8-28(4)27-20/h5-11H,12H2,1-4H3,(H,25,30)(H,26,27,29). The molecule has 0 saturated carbocycles. The van der Waals surface area contributed by atoms with E-state index < -0.39 is 17.3 Å². The Morgan fingerprint density at radius 1 is 1.19 bits per heavy atom. The van der Waals surface area contributed by atoms with Crippen LogP contribution < -0.4 is 20.1 Å². The van der Waals surface area contributed by atoms with Crippen LogP contribution in [-0.4, -0.2) is 34.2 Å². The Hall–Kier alpha value is -3.88. The summed E-state index contributed by atoms with van der Waals surface area (Å²) < 4.78 is 27.9. The third-order valence-corrected chi connectivity index (χ3v) is 5.01. The van der Waals surface area contributed by atoms with E-state index in [1.54, 1.807) is 36.1 Å². The highest BCUT2D eigenvalue weighted by atomic mass is 19.1. The monoisotopic (exact) mass is 438 g/mol. The zero-order chi connectivity index (χ0) is 23.0. The molecule has 0 fully saturated rings. The van der Waals surface area contributed by atoms with Crippen LogP contribution in [0.3, 0.4) is 0 Å². The maximum Gasteiger partial charge on any atom is 0.257 e. The van der Waals surface area contributed by atoms with Gasteiger partial charge in [-0.05, 0) is 38.1 Å². The molecule has 2 amide bonds. The van der Waals surface area contributed by atoms with Crippen molar-refractivity contribution in [3.63, 3.8) is 0 Å². The number of benzene rings is 2. The Balaban J connectivity index is 1.67. The molecular formula is C23H23FN4O4. The van der Waals surface area contributed by atoms with Crippen LogP contribution in [0.5, 0.6) is 17.2 Å². The van der Waals surface area contributed by atoms with Crippen LogP contribution in [0.4, 0.5) is 10.2 Å². The molecule has 0 bridgehead atoms. The lowest BCUT2D eigenvalue weighted by atomic mass is 9.99. The lowest BCUT2D eigenvalue weighted by molar-refractivity contribution is 0.0958. The molecule has 2 heterocycles. The highest BCUT2D eigenvalue weighted by Crippen LogP contribution is 2.43. The van der Waals surface area contributed by atoms with E-state index >= 15 is 0 Å². The maximum atomic E-state index is 14.4. The first kappa shape index (κ1) is 21.4. The van der Waals surface area contributed by atoms with Crippen molar-refractivity contribution in [1.29, 1.82) is 0 Å². The van der Waals surface area contributed by atoms with Crippen molar-refractivity contribution in [2.24, 2.45) is 7.05 Å². The summed E-state index contributed by atoms with van der Waals surface area (Å²) in [7, 11) is 3.18. The van der Waals surface area contributed by atoms with Gasteiger partial charge in [-0.2, -0.15) is 5.10 Å². The first-order valence-electron chi connectivity index (χ1n) is 10.0. The van der Waals surface area contributed by atoms with E-state index in [9.17, 15) is 14.0 Å². The van der Waals surface area contributed by atoms with Gasteiger partial charge in [-0.25, -0.2) is 4.39 Å². The molecule has 32 heavy (non-hydrogen) atoms. The molecule has 2 aromatic carbocycles. The van der Waals surface area contributed by atoms with E-state index in [0.717, 1.165) is 11.6 Å². The quantitative estimate of drug-likeness (QED) is 0.634. The molecule has 1 aliphatic heterocycles. The van der Waals surface area contributed by atoms with Gasteiger partial charge in [0.15, 0.2) is 5.82 Å². The summed E-state index contributed by atoms with van der Waals surface area (Å²) >= 11 is 0. The first-order chi connectivity index (χ1) is 15.1. The molecule has 3 aromatic rings. The molecule has 8 nitrogen and oxygen atoms in total. The average molecular weight is 438 g/mol. The zero-order valence-corrected chi connectivity index (χ0v) is 18.2. The predicted molar refractivity (Wildman–Crippen MR) is 116 cm³/mol. The lowest BCUT2D eigenvalue weighted by Crippen LogP contribution is -2.24. The topological polar surface area (TPSA) is 94.5 Å². The smallest absolute Gasteiger partial charge is 0.257 e. The number of fused-ring (bicyclic) bond motifs is 1. The summed E-state index contributed by atoms with van der Waals surface area (Å²) in [5.74, 6) is -0.103. The van der Waals surface area contributed by atoms with Gasteiger partial charge in [-0.3, -0.25) is 14.3 Å². The number of hydrogen-bond acceptors (Lipinski definition) is 5. The van der Waals surface area contributed by atoms with Gasteiger partial charge in [0.05, 0.1) is 5.56 Å². The molecule has 1 aliphatic rings. The van der Waals surface area contributed by atoms with Crippen molar-refractivity contribution < 1.29 is 23.5 Å². The Bertz CT molecular complexity index is 1220. The molecule has 0 atom stereocenters. The van der Waals surface area contributed by atoms with Crippen LogP contribution in [-0.2, 0) is 13.5 Å². The van der Waals surface area contributed by atoms with Crippen LogP contribution in [0.1, 0.15) is 40.1 Å². The van der Waals surface area contributed by atoms with Crippen molar-refractivity contribution in [3.05, 3.63) is 65.1 Å². The maximum absolute atomic E-state index is 14.4. The number of amides is 2. The van der Waals surface area contributed by atoms with Crippen LogP contribution in [0.25, 0.3) is 0 Å². The second-order valence-corrected chi connectivity index (χ2v) is 8.14. The molecule has 0 unspecified atom stereocenters. The molecule has 0 radical (unpaired) electrons. The predicted octanol–water partition coefficient (Wildman–Crippen LogP) is 3.68. The summed E-state index contributed by atoms with van der Waals surface area (Å²) in [6.45, 7) is 3.87. The van der Waals surface area contributed by atoms with Crippen molar-refractivity contribution in [2.75, 3.05) is 12.4 Å². The van der Waals surface area contributed by atoms with Gasteiger partial charge in [-0.15, -0.1) is 0 Å². The molecule has 9 heteroatoms. The number of nitrogens with zero attached hydrogens (tertiary/aromatic N) is 2. The summed E-state index contributed by atoms with van der Waals surface area (Å²) in [6, 6.07) is 8.91. The van der Waals surface area contributed by atoms with Crippen LogP contribution in [0, 0.1) is 5.82 Å². The van der Waals surface area contributed by atoms with Crippen molar-refractivity contribution in [3.8, 4) is 17.2 Å². The van der Waals surface area contributed by atoms with Crippen LogP contribution in [0.15, 0.2) is 42.6 Å². The second kappa shape index (κ2) is 7.99. The van der Waals surface area contributed by atoms with E-state index in [1.807, 2.05) is 13.8 Å². The Labute approximate surface area is 184 Å². The summed E-state index contributed by atoms with van der Waals surface area (Å²) in [4.78, 5) is 24.6.